The smallest absolute Gasteiger partial charge is 0.228 e. The van der Waals surface area contributed by atoms with Crippen LogP contribution < -0.4 is 5.73 Å². The van der Waals surface area contributed by atoms with Gasteiger partial charge in [-0.05, 0) is 12.8 Å². The summed E-state index contributed by atoms with van der Waals surface area (Å²) in [4.78, 5) is 14.4. The summed E-state index contributed by atoms with van der Waals surface area (Å²) in [5, 5.41) is 0. The highest BCUT2D eigenvalue weighted by molar-refractivity contribution is 5.80. The molecule has 3 atom stereocenters. The molecule has 0 aliphatic carbocycles. The van der Waals surface area contributed by atoms with Gasteiger partial charge in [0, 0.05) is 19.7 Å². The average Bonchev–Trinajstić information content (AvgIpc) is 2.86. The van der Waals surface area contributed by atoms with E-state index >= 15 is 0 Å². The molecule has 0 bridgehead atoms. The summed E-state index contributed by atoms with van der Waals surface area (Å²) in [5.41, 5.74) is 5.69. The number of carbonyl (C=O) groups excluding carboxylic acids is 1. The molecule has 2 saturated heterocycles. The molecule has 3 unspecified atom stereocenters. The molecule has 2 fully saturated rings. The van der Waals surface area contributed by atoms with Gasteiger partial charge in [-0.1, -0.05) is 6.92 Å². The monoisotopic (exact) mass is 242 g/mol. The fraction of sp³-hybridized carbons (Fsp3) is 0.917. The number of nitrogens with zero attached hydrogens (tertiary/aromatic N) is 1. The molecule has 2 N–H and O–H groups in total. The molecule has 0 aromatic rings. The first-order valence-corrected chi connectivity index (χ1v) is 6.47. The van der Waals surface area contributed by atoms with Crippen molar-refractivity contribution in [2.24, 2.45) is 11.7 Å². The number of hydrogen-bond donors (Lipinski definition) is 1. The SMILES string of the molecule is CCC1OCCC1C(=O)N1CCOCC1CN. The van der Waals surface area contributed by atoms with E-state index in [0.29, 0.717) is 32.9 Å². The van der Waals surface area contributed by atoms with Crippen molar-refractivity contribution in [3.63, 3.8) is 0 Å². The van der Waals surface area contributed by atoms with Crippen LogP contribution in [0, 0.1) is 5.92 Å². The summed E-state index contributed by atoms with van der Waals surface area (Å²) in [6.07, 6.45) is 1.82. The fourth-order valence-electron chi connectivity index (χ4n) is 2.69. The van der Waals surface area contributed by atoms with E-state index in [2.05, 4.69) is 6.92 Å². The van der Waals surface area contributed by atoms with E-state index in [1.54, 1.807) is 0 Å². The Morgan fingerprint density at radius 2 is 2.29 bits per heavy atom. The van der Waals surface area contributed by atoms with E-state index in [1.807, 2.05) is 4.90 Å². The van der Waals surface area contributed by atoms with Crippen LogP contribution >= 0.6 is 0 Å². The minimum absolute atomic E-state index is 0.0205. The maximum Gasteiger partial charge on any atom is 0.228 e. The lowest BCUT2D eigenvalue weighted by Crippen LogP contribution is -2.54. The molecule has 98 valence electrons. The van der Waals surface area contributed by atoms with Crippen LogP contribution in [0.15, 0.2) is 0 Å². The van der Waals surface area contributed by atoms with Crippen molar-refractivity contribution in [1.82, 2.24) is 4.90 Å². The molecule has 2 aliphatic heterocycles. The molecule has 5 nitrogen and oxygen atoms in total. The van der Waals surface area contributed by atoms with Gasteiger partial charge >= 0.3 is 0 Å². The normalized spacial score (nSPS) is 34.0. The Labute approximate surface area is 102 Å². The van der Waals surface area contributed by atoms with Gasteiger partial charge in [-0.25, -0.2) is 0 Å². The van der Waals surface area contributed by atoms with Crippen LogP contribution in [0.3, 0.4) is 0 Å². The second kappa shape index (κ2) is 5.80. The third-order valence-corrected chi connectivity index (χ3v) is 3.71. The lowest BCUT2D eigenvalue weighted by Gasteiger charge is -2.37. The van der Waals surface area contributed by atoms with Gasteiger partial charge in [-0.3, -0.25) is 4.79 Å². The van der Waals surface area contributed by atoms with Crippen molar-refractivity contribution in [2.45, 2.75) is 31.9 Å². The predicted molar refractivity (Wildman–Crippen MR) is 63.5 cm³/mol. The highest BCUT2D eigenvalue weighted by Crippen LogP contribution is 2.26. The van der Waals surface area contributed by atoms with E-state index < -0.39 is 0 Å². The van der Waals surface area contributed by atoms with Crippen molar-refractivity contribution >= 4 is 5.91 Å². The molecule has 2 heterocycles. The molecule has 0 saturated carbocycles. The van der Waals surface area contributed by atoms with Crippen molar-refractivity contribution < 1.29 is 14.3 Å². The molecule has 0 aromatic carbocycles. The summed E-state index contributed by atoms with van der Waals surface area (Å²) in [7, 11) is 0. The number of amides is 1. The molecule has 5 heteroatoms. The summed E-state index contributed by atoms with van der Waals surface area (Å²) in [6, 6.07) is 0.0364. The van der Waals surface area contributed by atoms with Crippen LogP contribution in [-0.2, 0) is 14.3 Å². The maximum absolute atomic E-state index is 12.5. The van der Waals surface area contributed by atoms with Gasteiger partial charge in [0.25, 0.3) is 0 Å². The van der Waals surface area contributed by atoms with Gasteiger partial charge in [0.1, 0.15) is 0 Å². The molecule has 0 spiro atoms. The van der Waals surface area contributed by atoms with Crippen LogP contribution in [0.4, 0.5) is 0 Å². The molecule has 0 radical (unpaired) electrons. The Balaban J connectivity index is 2.02. The first-order valence-electron chi connectivity index (χ1n) is 6.47. The lowest BCUT2D eigenvalue weighted by molar-refractivity contribution is -0.145. The minimum atomic E-state index is 0.0205. The summed E-state index contributed by atoms with van der Waals surface area (Å²) >= 11 is 0. The van der Waals surface area contributed by atoms with Gasteiger partial charge in [0.05, 0.1) is 31.3 Å². The van der Waals surface area contributed by atoms with Crippen LogP contribution in [0.5, 0.6) is 0 Å². The van der Waals surface area contributed by atoms with Crippen molar-refractivity contribution in [3.05, 3.63) is 0 Å². The lowest BCUT2D eigenvalue weighted by atomic mass is 9.97. The van der Waals surface area contributed by atoms with Crippen LogP contribution in [0.25, 0.3) is 0 Å². The van der Waals surface area contributed by atoms with Crippen LogP contribution in [0.2, 0.25) is 0 Å². The van der Waals surface area contributed by atoms with E-state index in [-0.39, 0.29) is 24.0 Å². The molecule has 17 heavy (non-hydrogen) atoms. The van der Waals surface area contributed by atoms with E-state index in [9.17, 15) is 4.79 Å². The second-order valence-corrected chi connectivity index (χ2v) is 4.71. The zero-order chi connectivity index (χ0) is 12.3. The number of morpholine rings is 1. The molecule has 1 amide bonds. The van der Waals surface area contributed by atoms with Gasteiger partial charge in [-0.15, -0.1) is 0 Å². The average molecular weight is 242 g/mol. The molecule has 0 aromatic heterocycles. The molecule has 2 aliphatic rings. The number of rotatable bonds is 3. The van der Waals surface area contributed by atoms with E-state index in [0.717, 1.165) is 12.8 Å². The summed E-state index contributed by atoms with van der Waals surface area (Å²) < 4.78 is 10.9. The largest absolute Gasteiger partial charge is 0.377 e. The molecular formula is C12H22N2O3. The Morgan fingerprint density at radius 1 is 1.47 bits per heavy atom. The number of hydrogen-bond acceptors (Lipinski definition) is 4. The standard InChI is InChI=1S/C12H22N2O3/c1-2-11-10(3-5-17-11)12(15)14-4-6-16-8-9(14)7-13/h9-11H,2-8,13H2,1H3. The topological polar surface area (TPSA) is 64.8 Å². The number of nitrogens with two attached hydrogens (primary N) is 1. The zero-order valence-corrected chi connectivity index (χ0v) is 10.4. The molecular weight excluding hydrogens is 220 g/mol. The number of ether oxygens (including phenoxy) is 2. The highest BCUT2D eigenvalue weighted by atomic mass is 16.5. The fourth-order valence-corrected chi connectivity index (χ4v) is 2.69. The van der Waals surface area contributed by atoms with Crippen LogP contribution in [0.1, 0.15) is 19.8 Å². The summed E-state index contributed by atoms with van der Waals surface area (Å²) in [5.74, 6) is 0.222. The third kappa shape index (κ3) is 2.61. The predicted octanol–water partition coefficient (Wildman–Crippen LogP) is -0.0124. The molecule has 2 rings (SSSR count). The van der Waals surface area contributed by atoms with Gasteiger partial charge < -0.3 is 20.1 Å². The van der Waals surface area contributed by atoms with E-state index in [1.165, 1.54) is 0 Å². The van der Waals surface area contributed by atoms with Crippen molar-refractivity contribution in [3.8, 4) is 0 Å². The Hall–Kier alpha value is -0.650. The Kier molecular flexibility index (Phi) is 4.36. The summed E-state index contributed by atoms with van der Waals surface area (Å²) in [6.45, 7) is 5.07. The van der Waals surface area contributed by atoms with E-state index in [4.69, 9.17) is 15.2 Å². The zero-order valence-electron chi connectivity index (χ0n) is 10.4. The van der Waals surface area contributed by atoms with Crippen molar-refractivity contribution in [1.29, 1.82) is 0 Å². The minimum Gasteiger partial charge on any atom is -0.377 e. The Morgan fingerprint density at radius 3 is 3.00 bits per heavy atom. The van der Waals surface area contributed by atoms with Gasteiger partial charge in [-0.2, -0.15) is 0 Å². The van der Waals surface area contributed by atoms with Crippen molar-refractivity contribution in [2.75, 3.05) is 32.9 Å². The second-order valence-electron chi connectivity index (χ2n) is 4.71. The maximum atomic E-state index is 12.5. The number of carbonyl (C=O) groups is 1. The van der Waals surface area contributed by atoms with Gasteiger partial charge in [0.2, 0.25) is 5.91 Å². The van der Waals surface area contributed by atoms with Gasteiger partial charge in [0.15, 0.2) is 0 Å². The van der Waals surface area contributed by atoms with Crippen LogP contribution in [-0.4, -0.2) is 55.9 Å². The Bertz CT molecular complexity index is 272. The first kappa shape index (κ1) is 12.8. The first-order chi connectivity index (χ1) is 8.27. The third-order valence-electron chi connectivity index (χ3n) is 3.71. The highest BCUT2D eigenvalue weighted by Gasteiger charge is 2.38. The quantitative estimate of drug-likeness (QED) is 0.756.